The molecule has 0 saturated heterocycles. The predicted octanol–water partition coefficient (Wildman–Crippen LogP) is 7.42. The molecule has 174 valence electrons. The summed E-state index contributed by atoms with van der Waals surface area (Å²) in [5, 5.41) is 0. The topological polar surface area (TPSA) is 27.7 Å². The van der Waals surface area contributed by atoms with Crippen LogP contribution in [0.15, 0.2) is 78.9 Å². The second-order valence-electron chi connectivity index (χ2n) is 7.52. The van der Waals surface area contributed by atoms with Gasteiger partial charge < -0.3 is 14.2 Å². The van der Waals surface area contributed by atoms with Crippen molar-refractivity contribution in [3.63, 3.8) is 0 Å². The second kappa shape index (κ2) is 10.3. The quantitative estimate of drug-likeness (QED) is 0.272. The molecule has 0 bridgehead atoms. The van der Waals surface area contributed by atoms with E-state index in [2.05, 4.69) is 0 Å². The van der Waals surface area contributed by atoms with Crippen molar-refractivity contribution in [1.82, 2.24) is 0 Å². The van der Waals surface area contributed by atoms with Crippen molar-refractivity contribution < 1.29 is 27.4 Å². The third-order valence-corrected chi connectivity index (χ3v) is 5.38. The first-order chi connectivity index (χ1) is 16.5. The zero-order chi connectivity index (χ0) is 24.1. The summed E-state index contributed by atoms with van der Waals surface area (Å²) in [5.74, 6) is -0.995. The molecule has 0 aliphatic heterocycles. The highest BCUT2D eigenvalue weighted by Crippen LogP contribution is 2.30. The standard InChI is InChI=1S/C28H23F3O3/c1-3-33-26-15-9-20(16-25(26)29)18-4-12-23(13-5-18)34-17-21-8-14-24(28(31)27(21)30)19-6-10-22(32-2)11-7-19/h4-16H,3,17H2,1-2H3. The monoisotopic (exact) mass is 464 g/mol. The molecule has 0 aliphatic carbocycles. The van der Waals surface area contributed by atoms with Crippen molar-refractivity contribution in [2.24, 2.45) is 0 Å². The average molecular weight is 464 g/mol. The molecule has 3 nitrogen and oxygen atoms in total. The fourth-order valence-corrected chi connectivity index (χ4v) is 3.55. The number of benzene rings is 4. The molecule has 0 aromatic heterocycles. The van der Waals surface area contributed by atoms with Crippen molar-refractivity contribution in [1.29, 1.82) is 0 Å². The maximum Gasteiger partial charge on any atom is 0.167 e. The van der Waals surface area contributed by atoms with Gasteiger partial charge in [-0.1, -0.05) is 42.5 Å². The Kier molecular flexibility index (Phi) is 7.07. The van der Waals surface area contributed by atoms with Gasteiger partial charge in [0.25, 0.3) is 0 Å². The lowest BCUT2D eigenvalue weighted by atomic mass is 10.0. The number of rotatable bonds is 8. The van der Waals surface area contributed by atoms with Gasteiger partial charge in [-0.2, -0.15) is 0 Å². The third-order valence-electron chi connectivity index (χ3n) is 5.38. The molecule has 0 radical (unpaired) electrons. The SMILES string of the molecule is CCOc1ccc(-c2ccc(OCc3ccc(-c4ccc(OC)cc4)c(F)c3F)cc2)cc1F. The van der Waals surface area contributed by atoms with Crippen LogP contribution < -0.4 is 14.2 Å². The molecule has 0 fully saturated rings. The van der Waals surface area contributed by atoms with Crippen LogP contribution in [0.4, 0.5) is 13.2 Å². The van der Waals surface area contributed by atoms with Crippen molar-refractivity contribution in [3.8, 4) is 39.5 Å². The Morgan fingerprint density at radius 3 is 1.94 bits per heavy atom. The molecule has 4 aromatic rings. The zero-order valence-electron chi connectivity index (χ0n) is 18.8. The van der Waals surface area contributed by atoms with Gasteiger partial charge in [0.05, 0.1) is 13.7 Å². The van der Waals surface area contributed by atoms with Crippen molar-refractivity contribution >= 4 is 0 Å². The number of hydrogen-bond acceptors (Lipinski definition) is 3. The van der Waals surface area contributed by atoms with Crippen molar-refractivity contribution in [3.05, 3.63) is 102 Å². The maximum atomic E-state index is 14.7. The van der Waals surface area contributed by atoms with Crippen molar-refractivity contribution in [2.45, 2.75) is 13.5 Å². The van der Waals surface area contributed by atoms with Crippen LogP contribution in [-0.4, -0.2) is 13.7 Å². The van der Waals surface area contributed by atoms with Gasteiger partial charge in [-0.3, -0.25) is 0 Å². The van der Waals surface area contributed by atoms with E-state index in [-0.39, 0.29) is 23.5 Å². The molecule has 34 heavy (non-hydrogen) atoms. The van der Waals surface area contributed by atoms with Crippen LogP contribution in [0.2, 0.25) is 0 Å². The maximum absolute atomic E-state index is 14.7. The molecule has 0 amide bonds. The molecular formula is C28H23F3O3. The van der Waals surface area contributed by atoms with Crippen LogP contribution >= 0.6 is 0 Å². The van der Waals surface area contributed by atoms with Gasteiger partial charge in [0.2, 0.25) is 0 Å². The van der Waals surface area contributed by atoms with E-state index in [0.29, 0.717) is 29.2 Å². The normalized spacial score (nSPS) is 10.7. The van der Waals surface area contributed by atoms with Crippen LogP contribution in [0.5, 0.6) is 17.2 Å². The number of hydrogen-bond donors (Lipinski definition) is 0. The van der Waals surface area contributed by atoms with Gasteiger partial charge in [0.15, 0.2) is 23.2 Å². The van der Waals surface area contributed by atoms with E-state index in [4.69, 9.17) is 14.2 Å². The fraction of sp³-hybridized carbons (Fsp3) is 0.143. The Morgan fingerprint density at radius 1 is 0.647 bits per heavy atom. The van der Waals surface area contributed by atoms with E-state index in [1.807, 2.05) is 0 Å². The van der Waals surface area contributed by atoms with Gasteiger partial charge >= 0.3 is 0 Å². The Labute approximate surface area is 196 Å². The molecule has 4 rings (SSSR count). The molecule has 4 aromatic carbocycles. The van der Waals surface area contributed by atoms with E-state index in [0.717, 1.165) is 5.56 Å². The van der Waals surface area contributed by atoms with Crippen molar-refractivity contribution in [2.75, 3.05) is 13.7 Å². The smallest absolute Gasteiger partial charge is 0.167 e. The Hall–Kier alpha value is -3.93. The fourth-order valence-electron chi connectivity index (χ4n) is 3.55. The van der Waals surface area contributed by atoms with Gasteiger partial charge in [-0.25, -0.2) is 13.2 Å². The van der Waals surface area contributed by atoms with E-state index >= 15 is 0 Å². The van der Waals surface area contributed by atoms with E-state index in [1.54, 1.807) is 67.6 Å². The molecule has 0 aliphatic rings. The molecule has 0 atom stereocenters. The van der Waals surface area contributed by atoms with Gasteiger partial charge in [0, 0.05) is 11.1 Å². The number of methoxy groups -OCH3 is 1. The van der Waals surface area contributed by atoms with Gasteiger partial charge in [-0.05, 0) is 60.0 Å². The van der Waals surface area contributed by atoms with Crippen LogP contribution in [0.25, 0.3) is 22.3 Å². The minimum atomic E-state index is -0.949. The molecular weight excluding hydrogens is 441 g/mol. The van der Waals surface area contributed by atoms with E-state index in [9.17, 15) is 13.2 Å². The largest absolute Gasteiger partial charge is 0.497 e. The van der Waals surface area contributed by atoms with Gasteiger partial charge in [-0.15, -0.1) is 0 Å². The van der Waals surface area contributed by atoms with Crippen LogP contribution in [0.1, 0.15) is 12.5 Å². The molecule has 0 N–H and O–H groups in total. The molecule has 0 unspecified atom stereocenters. The average Bonchev–Trinajstić information content (AvgIpc) is 2.87. The second-order valence-corrected chi connectivity index (χ2v) is 7.52. The summed E-state index contributed by atoms with van der Waals surface area (Å²) in [6, 6.07) is 21.5. The molecule has 0 spiro atoms. The van der Waals surface area contributed by atoms with Gasteiger partial charge in [0.1, 0.15) is 18.1 Å². The summed E-state index contributed by atoms with van der Waals surface area (Å²) in [4.78, 5) is 0. The summed E-state index contributed by atoms with van der Waals surface area (Å²) in [6.45, 7) is 2.04. The van der Waals surface area contributed by atoms with Crippen LogP contribution in [0.3, 0.4) is 0 Å². The summed E-state index contributed by atoms with van der Waals surface area (Å²) in [6.07, 6.45) is 0. The summed E-state index contributed by atoms with van der Waals surface area (Å²) in [7, 11) is 1.54. The van der Waals surface area contributed by atoms with E-state index < -0.39 is 17.5 Å². The highest BCUT2D eigenvalue weighted by molar-refractivity contribution is 5.66. The first-order valence-corrected chi connectivity index (χ1v) is 10.8. The third kappa shape index (κ3) is 5.01. The summed E-state index contributed by atoms with van der Waals surface area (Å²) < 4.78 is 59.5. The predicted molar refractivity (Wildman–Crippen MR) is 126 cm³/mol. The number of halogens is 3. The highest BCUT2D eigenvalue weighted by atomic mass is 19.2. The highest BCUT2D eigenvalue weighted by Gasteiger charge is 2.15. The lowest BCUT2D eigenvalue weighted by Gasteiger charge is -2.11. The molecule has 6 heteroatoms. The zero-order valence-corrected chi connectivity index (χ0v) is 18.8. The number of ether oxygens (including phenoxy) is 3. The Bertz CT molecular complexity index is 1270. The van der Waals surface area contributed by atoms with Crippen LogP contribution in [-0.2, 0) is 6.61 Å². The minimum Gasteiger partial charge on any atom is -0.497 e. The summed E-state index contributed by atoms with van der Waals surface area (Å²) in [5.41, 5.74) is 2.29. The first-order valence-electron chi connectivity index (χ1n) is 10.8. The lowest BCUT2D eigenvalue weighted by molar-refractivity contribution is 0.297. The molecule has 0 saturated carbocycles. The van der Waals surface area contributed by atoms with E-state index in [1.165, 1.54) is 25.3 Å². The summed E-state index contributed by atoms with van der Waals surface area (Å²) >= 11 is 0. The molecule has 0 heterocycles. The van der Waals surface area contributed by atoms with Crippen LogP contribution in [0, 0.1) is 17.5 Å². The first kappa shape index (κ1) is 23.2. The lowest BCUT2D eigenvalue weighted by Crippen LogP contribution is -2.02. The Balaban J connectivity index is 1.45. The minimum absolute atomic E-state index is 0.104. The Morgan fingerprint density at radius 2 is 1.29 bits per heavy atom.